The van der Waals surface area contributed by atoms with Gasteiger partial charge in [0, 0.05) is 17.6 Å². The number of aliphatic hydroxyl groups is 1. The van der Waals surface area contributed by atoms with Gasteiger partial charge in [-0.2, -0.15) is 0 Å². The summed E-state index contributed by atoms with van der Waals surface area (Å²) in [5.74, 6) is 1.09. The second-order valence-corrected chi connectivity index (χ2v) is 6.30. The molecule has 0 radical (unpaired) electrons. The lowest BCUT2D eigenvalue weighted by molar-refractivity contribution is 0.128. The van der Waals surface area contributed by atoms with Gasteiger partial charge in [-0.25, -0.2) is 0 Å². The van der Waals surface area contributed by atoms with Crippen LogP contribution in [0.1, 0.15) is 31.2 Å². The molecule has 0 spiro atoms. The number of piperidine rings is 1. The van der Waals surface area contributed by atoms with Crippen LogP contribution in [0.4, 0.5) is 0 Å². The van der Waals surface area contributed by atoms with E-state index in [2.05, 4.69) is 52.0 Å². The monoisotopic (exact) mass is 311 g/mol. The fourth-order valence-electron chi connectivity index (χ4n) is 2.66. The van der Waals surface area contributed by atoms with Crippen molar-refractivity contribution in [1.82, 2.24) is 4.90 Å². The SMILES string of the molecule is CC(CN1CCC(CO)CC1)c1cccc(Br)c1. The van der Waals surface area contributed by atoms with Crippen molar-refractivity contribution in [1.29, 1.82) is 0 Å². The Bertz CT molecular complexity index is 375. The van der Waals surface area contributed by atoms with Gasteiger partial charge in [-0.05, 0) is 55.5 Å². The Labute approximate surface area is 118 Å². The standard InChI is InChI=1S/C15H22BrNO/c1-12(14-3-2-4-15(16)9-14)10-17-7-5-13(11-18)6-8-17/h2-4,9,12-13,18H,5-8,10-11H2,1H3. The highest BCUT2D eigenvalue weighted by atomic mass is 79.9. The van der Waals surface area contributed by atoms with Crippen molar-refractivity contribution in [3.63, 3.8) is 0 Å². The molecule has 1 saturated heterocycles. The largest absolute Gasteiger partial charge is 0.396 e. The first-order chi connectivity index (χ1) is 8.69. The van der Waals surface area contributed by atoms with Gasteiger partial charge >= 0.3 is 0 Å². The molecule has 100 valence electrons. The van der Waals surface area contributed by atoms with Crippen LogP contribution in [0.15, 0.2) is 28.7 Å². The number of aliphatic hydroxyl groups excluding tert-OH is 1. The van der Waals surface area contributed by atoms with Crippen molar-refractivity contribution >= 4 is 15.9 Å². The average molecular weight is 312 g/mol. The van der Waals surface area contributed by atoms with Gasteiger partial charge in [0.2, 0.25) is 0 Å². The molecule has 3 heteroatoms. The van der Waals surface area contributed by atoms with E-state index in [0.717, 1.165) is 36.9 Å². The zero-order valence-electron chi connectivity index (χ0n) is 11.0. The molecular weight excluding hydrogens is 290 g/mol. The molecule has 2 nitrogen and oxygen atoms in total. The Morgan fingerprint density at radius 1 is 1.39 bits per heavy atom. The van der Waals surface area contributed by atoms with Crippen LogP contribution < -0.4 is 0 Å². The minimum Gasteiger partial charge on any atom is -0.396 e. The molecule has 1 aliphatic rings. The Balaban J connectivity index is 1.86. The lowest BCUT2D eigenvalue weighted by atomic mass is 9.95. The van der Waals surface area contributed by atoms with Crippen molar-refractivity contribution < 1.29 is 5.11 Å². The summed E-state index contributed by atoms with van der Waals surface area (Å²) >= 11 is 3.53. The molecule has 1 unspecified atom stereocenters. The number of hydrogen-bond acceptors (Lipinski definition) is 2. The third-order valence-electron chi connectivity index (χ3n) is 3.92. The highest BCUT2D eigenvalue weighted by Crippen LogP contribution is 2.23. The maximum absolute atomic E-state index is 9.14. The van der Waals surface area contributed by atoms with Gasteiger partial charge < -0.3 is 10.0 Å². The van der Waals surface area contributed by atoms with Gasteiger partial charge in [0.15, 0.2) is 0 Å². The lowest BCUT2D eigenvalue weighted by Gasteiger charge is -2.32. The maximum Gasteiger partial charge on any atom is 0.0460 e. The second kappa shape index (κ2) is 6.69. The molecule has 0 saturated carbocycles. The van der Waals surface area contributed by atoms with Crippen LogP contribution in [0, 0.1) is 5.92 Å². The third kappa shape index (κ3) is 3.81. The van der Waals surface area contributed by atoms with Gasteiger partial charge in [-0.1, -0.05) is 35.0 Å². The van der Waals surface area contributed by atoms with E-state index >= 15 is 0 Å². The molecule has 1 fully saturated rings. The van der Waals surface area contributed by atoms with Crippen LogP contribution in [-0.2, 0) is 0 Å². The average Bonchev–Trinajstić information content (AvgIpc) is 2.39. The molecule has 1 aromatic carbocycles. The van der Waals surface area contributed by atoms with Gasteiger partial charge in [0.25, 0.3) is 0 Å². The normalized spacial score (nSPS) is 19.9. The van der Waals surface area contributed by atoms with E-state index in [-0.39, 0.29) is 0 Å². The number of likely N-dealkylation sites (tertiary alicyclic amines) is 1. The summed E-state index contributed by atoms with van der Waals surface area (Å²) in [5.41, 5.74) is 1.40. The minimum atomic E-state index is 0.356. The van der Waals surface area contributed by atoms with E-state index in [1.807, 2.05) is 0 Å². The van der Waals surface area contributed by atoms with E-state index in [1.54, 1.807) is 0 Å². The Morgan fingerprint density at radius 2 is 2.11 bits per heavy atom. The summed E-state index contributed by atoms with van der Waals surface area (Å²) < 4.78 is 1.16. The van der Waals surface area contributed by atoms with Gasteiger partial charge in [-0.3, -0.25) is 0 Å². The summed E-state index contributed by atoms with van der Waals surface area (Å²) in [5, 5.41) is 9.14. The first kappa shape index (κ1) is 14.0. The molecule has 18 heavy (non-hydrogen) atoms. The Kier molecular flexibility index (Phi) is 5.22. The number of benzene rings is 1. The predicted octanol–water partition coefficient (Wildman–Crippen LogP) is 3.26. The third-order valence-corrected chi connectivity index (χ3v) is 4.41. The first-order valence-corrected chi connectivity index (χ1v) is 7.57. The van der Waals surface area contributed by atoms with Crippen molar-refractivity contribution in [2.75, 3.05) is 26.2 Å². The molecule has 1 N–H and O–H groups in total. The van der Waals surface area contributed by atoms with Crippen molar-refractivity contribution in [3.05, 3.63) is 34.3 Å². The second-order valence-electron chi connectivity index (χ2n) is 5.38. The van der Waals surface area contributed by atoms with E-state index < -0.39 is 0 Å². The minimum absolute atomic E-state index is 0.356. The quantitative estimate of drug-likeness (QED) is 0.922. The van der Waals surface area contributed by atoms with E-state index in [9.17, 15) is 0 Å². The Morgan fingerprint density at radius 3 is 2.72 bits per heavy atom. The highest BCUT2D eigenvalue weighted by molar-refractivity contribution is 9.10. The fourth-order valence-corrected chi connectivity index (χ4v) is 3.07. The number of hydrogen-bond donors (Lipinski definition) is 1. The molecule has 1 atom stereocenters. The molecule has 2 rings (SSSR count). The van der Waals surface area contributed by atoms with Gasteiger partial charge in [-0.15, -0.1) is 0 Å². The van der Waals surface area contributed by atoms with Crippen LogP contribution in [-0.4, -0.2) is 36.2 Å². The van der Waals surface area contributed by atoms with Crippen molar-refractivity contribution in [2.24, 2.45) is 5.92 Å². The lowest BCUT2D eigenvalue weighted by Crippen LogP contribution is -2.37. The summed E-state index contributed by atoms with van der Waals surface area (Å²) in [4.78, 5) is 2.53. The van der Waals surface area contributed by atoms with Crippen LogP contribution in [0.2, 0.25) is 0 Å². The molecule has 1 heterocycles. The van der Waals surface area contributed by atoms with Crippen LogP contribution >= 0.6 is 15.9 Å². The summed E-state index contributed by atoms with van der Waals surface area (Å²) in [7, 11) is 0. The van der Waals surface area contributed by atoms with Gasteiger partial charge in [0.05, 0.1) is 0 Å². The summed E-state index contributed by atoms with van der Waals surface area (Å²) in [6, 6.07) is 8.60. The number of halogens is 1. The fraction of sp³-hybridized carbons (Fsp3) is 0.600. The first-order valence-electron chi connectivity index (χ1n) is 6.77. The summed E-state index contributed by atoms with van der Waals surface area (Å²) in [6.45, 7) is 6.02. The van der Waals surface area contributed by atoms with Crippen LogP contribution in [0.5, 0.6) is 0 Å². The molecule has 0 aromatic heterocycles. The van der Waals surface area contributed by atoms with Crippen LogP contribution in [0.3, 0.4) is 0 Å². The molecule has 0 amide bonds. The maximum atomic E-state index is 9.14. The van der Waals surface area contributed by atoms with E-state index in [0.29, 0.717) is 18.4 Å². The van der Waals surface area contributed by atoms with Crippen molar-refractivity contribution in [2.45, 2.75) is 25.7 Å². The van der Waals surface area contributed by atoms with Crippen molar-refractivity contribution in [3.8, 4) is 0 Å². The molecule has 1 aromatic rings. The van der Waals surface area contributed by atoms with E-state index in [4.69, 9.17) is 5.11 Å². The topological polar surface area (TPSA) is 23.5 Å². The Hall–Kier alpha value is -0.380. The number of nitrogens with zero attached hydrogens (tertiary/aromatic N) is 1. The molecular formula is C15H22BrNO. The highest BCUT2D eigenvalue weighted by Gasteiger charge is 2.20. The smallest absolute Gasteiger partial charge is 0.0460 e. The van der Waals surface area contributed by atoms with Crippen LogP contribution in [0.25, 0.3) is 0 Å². The molecule has 0 bridgehead atoms. The summed E-state index contributed by atoms with van der Waals surface area (Å²) in [6.07, 6.45) is 2.28. The molecule has 1 aliphatic heterocycles. The number of rotatable bonds is 4. The van der Waals surface area contributed by atoms with E-state index in [1.165, 1.54) is 5.56 Å². The van der Waals surface area contributed by atoms with Gasteiger partial charge in [0.1, 0.15) is 0 Å². The molecule has 0 aliphatic carbocycles. The zero-order chi connectivity index (χ0) is 13.0. The predicted molar refractivity (Wildman–Crippen MR) is 78.8 cm³/mol. The zero-order valence-corrected chi connectivity index (χ0v) is 12.6.